The predicted molar refractivity (Wildman–Crippen MR) is 60.1 cm³/mol. The van der Waals surface area contributed by atoms with Gasteiger partial charge >= 0.3 is 0 Å². The first-order chi connectivity index (χ1) is 6.08. The number of sulfone groups is 1. The second-order valence-electron chi connectivity index (χ2n) is 2.12. The quantitative estimate of drug-likeness (QED) is 0.578. The van der Waals surface area contributed by atoms with Crippen molar-refractivity contribution in [2.75, 3.05) is 0 Å². The Labute approximate surface area is 84.7 Å². The zero-order valence-electron chi connectivity index (χ0n) is 7.34. The molecule has 72 valence electrons. The molecule has 0 atom stereocenters. The number of allylic oxidation sites excluding steroid dienone is 4. The third kappa shape index (κ3) is 4.15. The third-order valence-electron chi connectivity index (χ3n) is 1.25. The molecule has 0 aromatic heterocycles. The van der Waals surface area contributed by atoms with Crippen LogP contribution in [0.1, 0.15) is 6.92 Å². The molecule has 0 fully saturated rings. The lowest BCUT2D eigenvalue weighted by Gasteiger charge is -1.96. The van der Waals surface area contributed by atoms with E-state index < -0.39 is 9.84 Å². The Morgan fingerprint density at radius 2 is 2.08 bits per heavy atom. The van der Waals surface area contributed by atoms with Gasteiger partial charge in [-0.1, -0.05) is 24.8 Å². The van der Waals surface area contributed by atoms with Gasteiger partial charge in [0.15, 0.2) is 9.84 Å². The molecule has 0 saturated carbocycles. The Bertz CT molecular complexity index is 346. The predicted octanol–water partition coefficient (Wildman–Crippen LogP) is 2.45. The van der Waals surface area contributed by atoms with E-state index in [0.717, 1.165) is 5.41 Å². The van der Waals surface area contributed by atoms with Crippen LogP contribution in [0.15, 0.2) is 46.6 Å². The molecular formula is C9H12O2S2. The lowest BCUT2D eigenvalue weighted by Crippen LogP contribution is -1.96. The average molecular weight is 216 g/mol. The van der Waals surface area contributed by atoms with Gasteiger partial charge in [0.05, 0.1) is 4.91 Å². The van der Waals surface area contributed by atoms with Crippen LogP contribution < -0.4 is 0 Å². The van der Waals surface area contributed by atoms with Gasteiger partial charge in [-0.25, -0.2) is 8.42 Å². The Kier molecular flexibility index (Phi) is 5.50. The van der Waals surface area contributed by atoms with Crippen LogP contribution in [0.2, 0.25) is 0 Å². The summed E-state index contributed by atoms with van der Waals surface area (Å²) in [5, 5.41) is 2.24. The van der Waals surface area contributed by atoms with E-state index >= 15 is 0 Å². The summed E-state index contributed by atoms with van der Waals surface area (Å²) < 4.78 is 22.8. The maximum Gasteiger partial charge on any atom is 0.199 e. The molecule has 4 heteroatoms. The Morgan fingerprint density at radius 3 is 2.46 bits per heavy atom. The first-order valence-electron chi connectivity index (χ1n) is 3.59. The van der Waals surface area contributed by atoms with Crippen LogP contribution >= 0.6 is 12.6 Å². The first-order valence-corrected chi connectivity index (χ1v) is 5.66. The van der Waals surface area contributed by atoms with Gasteiger partial charge in [-0.05, 0) is 18.4 Å². The van der Waals surface area contributed by atoms with Crippen molar-refractivity contribution in [3.05, 3.63) is 46.6 Å². The van der Waals surface area contributed by atoms with Crippen LogP contribution in [0.25, 0.3) is 0 Å². The topological polar surface area (TPSA) is 34.1 Å². The molecular weight excluding hydrogens is 204 g/mol. The summed E-state index contributed by atoms with van der Waals surface area (Å²) in [5.41, 5.74) is 0. The number of thiol groups is 1. The summed E-state index contributed by atoms with van der Waals surface area (Å²) in [4.78, 5) is 0.234. The van der Waals surface area contributed by atoms with Gasteiger partial charge in [0.2, 0.25) is 0 Å². The highest BCUT2D eigenvalue weighted by atomic mass is 32.2. The number of hydrogen-bond acceptors (Lipinski definition) is 3. The zero-order chi connectivity index (χ0) is 10.3. The summed E-state index contributed by atoms with van der Waals surface area (Å²) >= 11 is 3.71. The fourth-order valence-electron chi connectivity index (χ4n) is 0.677. The van der Waals surface area contributed by atoms with E-state index in [9.17, 15) is 8.42 Å². The first kappa shape index (κ1) is 12.3. The van der Waals surface area contributed by atoms with Crippen molar-refractivity contribution in [1.82, 2.24) is 0 Å². The second kappa shape index (κ2) is 5.83. The molecule has 13 heavy (non-hydrogen) atoms. The molecule has 0 rings (SSSR count). The van der Waals surface area contributed by atoms with Crippen LogP contribution in [0.4, 0.5) is 0 Å². The fraction of sp³-hybridized carbons (Fsp3) is 0.111. The molecule has 0 aliphatic heterocycles. The lowest BCUT2D eigenvalue weighted by atomic mass is 10.4. The van der Waals surface area contributed by atoms with E-state index in [-0.39, 0.29) is 4.91 Å². The Balaban J connectivity index is 5.02. The highest BCUT2D eigenvalue weighted by molar-refractivity contribution is 7.99. The van der Waals surface area contributed by atoms with Gasteiger partial charge in [0, 0.05) is 5.41 Å². The van der Waals surface area contributed by atoms with Gasteiger partial charge in [-0.3, -0.25) is 0 Å². The van der Waals surface area contributed by atoms with Crippen LogP contribution in [0, 0.1) is 0 Å². The van der Waals surface area contributed by atoms with E-state index in [1.165, 1.54) is 23.6 Å². The highest BCUT2D eigenvalue weighted by Crippen LogP contribution is 2.10. The molecule has 0 aliphatic carbocycles. The van der Waals surface area contributed by atoms with Crippen LogP contribution in [0.5, 0.6) is 0 Å². The van der Waals surface area contributed by atoms with Crippen LogP contribution in [-0.2, 0) is 9.84 Å². The monoisotopic (exact) mass is 216 g/mol. The molecule has 0 amide bonds. The molecule has 0 aliphatic rings. The lowest BCUT2D eigenvalue weighted by molar-refractivity contribution is 0.611. The van der Waals surface area contributed by atoms with Crippen molar-refractivity contribution in [1.29, 1.82) is 0 Å². The zero-order valence-corrected chi connectivity index (χ0v) is 9.05. The minimum atomic E-state index is -3.33. The molecule has 2 nitrogen and oxygen atoms in total. The average Bonchev–Trinajstić information content (AvgIpc) is 2.05. The third-order valence-corrected chi connectivity index (χ3v) is 3.12. The van der Waals surface area contributed by atoms with Crippen molar-refractivity contribution in [2.24, 2.45) is 0 Å². The maximum atomic E-state index is 11.4. The molecule has 0 spiro atoms. The maximum absolute atomic E-state index is 11.4. The Morgan fingerprint density at radius 1 is 1.46 bits per heavy atom. The summed E-state index contributed by atoms with van der Waals surface area (Å²) in [6, 6.07) is 0. The summed E-state index contributed by atoms with van der Waals surface area (Å²) in [6.45, 7) is 5.11. The van der Waals surface area contributed by atoms with Crippen molar-refractivity contribution >= 4 is 22.5 Å². The molecule has 0 aromatic rings. The van der Waals surface area contributed by atoms with Crippen LogP contribution in [-0.4, -0.2) is 8.42 Å². The minimum Gasteiger partial charge on any atom is -0.219 e. The molecule has 0 aromatic carbocycles. The normalized spacial score (nSPS) is 14.2. The van der Waals surface area contributed by atoms with Crippen molar-refractivity contribution < 1.29 is 8.42 Å². The van der Waals surface area contributed by atoms with E-state index in [1.54, 1.807) is 13.0 Å². The second-order valence-corrected chi connectivity index (χ2v) is 4.25. The summed E-state index contributed by atoms with van der Waals surface area (Å²) in [6.07, 6.45) is 6.09. The van der Waals surface area contributed by atoms with Gasteiger partial charge in [-0.15, -0.1) is 0 Å². The molecule has 0 bridgehead atoms. The standard InChI is InChI=1S/C9H12O2S2/c1-3-5-6-9(4-2)13(10,11)8-7-12/h3-8,12H,1H2,2H3/b6-5-,8-7+,9-4+. The van der Waals surface area contributed by atoms with Crippen molar-refractivity contribution in [3.8, 4) is 0 Å². The number of hydrogen-bond donors (Lipinski definition) is 1. The molecule has 0 heterocycles. The van der Waals surface area contributed by atoms with E-state index in [4.69, 9.17) is 0 Å². The molecule has 0 N–H and O–H groups in total. The minimum absolute atomic E-state index is 0.234. The molecule has 0 saturated heterocycles. The number of rotatable bonds is 4. The smallest absolute Gasteiger partial charge is 0.199 e. The SMILES string of the molecule is C=C/C=C\C(=C/C)S(=O)(=O)/C=C/S. The van der Waals surface area contributed by atoms with Crippen LogP contribution in [0.3, 0.4) is 0 Å². The van der Waals surface area contributed by atoms with Gasteiger partial charge < -0.3 is 0 Å². The largest absolute Gasteiger partial charge is 0.219 e. The van der Waals surface area contributed by atoms with E-state index in [0.29, 0.717) is 0 Å². The van der Waals surface area contributed by atoms with E-state index in [2.05, 4.69) is 19.2 Å². The van der Waals surface area contributed by atoms with Gasteiger partial charge in [0.1, 0.15) is 0 Å². The molecule has 0 radical (unpaired) electrons. The van der Waals surface area contributed by atoms with Crippen molar-refractivity contribution in [2.45, 2.75) is 6.92 Å². The Hall–Kier alpha value is -0.740. The van der Waals surface area contributed by atoms with E-state index in [1.807, 2.05) is 0 Å². The van der Waals surface area contributed by atoms with Crippen molar-refractivity contribution in [3.63, 3.8) is 0 Å². The highest BCUT2D eigenvalue weighted by Gasteiger charge is 2.08. The summed E-state index contributed by atoms with van der Waals surface area (Å²) in [5.74, 6) is 0. The van der Waals surface area contributed by atoms with Gasteiger partial charge in [-0.2, -0.15) is 12.6 Å². The molecule has 0 unspecified atom stereocenters. The van der Waals surface area contributed by atoms with Gasteiger partial charge in [0.25, 0.3) is 0 Å². The fourth-order valence-corrected chi connectivity index (χ4v) is 2.07. The summed E-state index contributed by atoms with van der Waals surface area (Å²) in [7, 11) is -3.33.